The predicted molar refractivity (Wildman–Crippen MR) is 80.7 cm³/mol. The molecule has 108 valence electrons. The minimum Gasteiger partial charge on any atom is -0.378 e. The van der Waals surface area contributed by atoms with Gasteiger partial charge in [-0.25, -0.2) is 4.98 Å². The summed E-state index contributed by atoms with van der Waals surface area (Å²) in [4.78, 5) is 5.85. The van der Waals surface area contributed by atoms with Gasteiger partial charge in [0.05, 0.1) is 11.1 Å². The van der Waals surface area contributed by atoms with Crippen molar-refractivity contribution in [1.29, 1.82) is 0 Å². The molecule has 1 fully saturated rings. The van der Waals surface area contributed by atoms with E-state index in [-0.39, 0.29) is 5.41 Å². The average molecular weight is 282 g/mol. The molecule has 1 aliphatic rings. The topological polar surface area (TPSA) is 34.1 Å². The molecule has 2 unspecified atom stereocenters. The van der Waals surface area contributed by atoms with Crippen LogP contribution in [0.5, 0.6) is 0 Å². The van der Waals surface area contributed by atoms with Crippen molar-refractivity contribution in [3.05, 3.63) is 16.1 Å². The van der Waals surface area contributed by atoms with Crippen LogP contribution in [-0.2, 0) is 16.7 Å². The van der Waals surface area contributed by atoms with E-state index >= 15 is 0 Å². The molecule has 0 aliphatic carbocycles. The molecule has 2 rings (SSSR count). The molecule has 4 heteroatoms. The van der Waals surface area contributed by atoms with Gasteiger partial charge in [0.15, 0.2) is 0 Å². The maximum atomic E-state index is 5.72. The third-order valence-corrected chi connectivity index (χ3v) is 5.07. The molecule has 1 saturated heterocycles. The van der Waals surface area contributed by atoms with Crippen molar-refractivity contribution in [2.24, 2.45) is 5.92 Å². The predicted octanol–water partition coefficient (Wildman–Crippen LogP) is 3.35. The second-order valence-corrected chi connectivity index (χ2v) is 7.49. The van der Waals surface area contributed by atoms with Crippen molar-refractivity contribution in [1.82, 2.24) is 10.3 Å². The third-order valence-electron chi connectivity index (χ3n) is 3.65. The molecule has 0 spiro atoms. The Kier molecular flexibility index (Phi) is 4.98. The minimum atomic E-state index is 0.162. The van der Waals surface area contributed by atoms with Crippen molar-refractivity contribution in [2.75, 3.05) is 13.2 Å². The Bertz CT molecular complexity index is 397. The summed E-state index contributed by atoms with van der Waals surface area (Å²) in [7, 11) is 0. The molecule has 2 heterocycles. The first kappa shape index (κ1) is 14.9. The van der Waals surface area contributed by atoms with Crippen LogP contribution in [0.1, 0.15) is 50.4 Å². The summed E-state index contributed by atoms with van der Waals surface area (Å²) in [5.74, 6) is 0.681. The van der Waals surface area contributed by atoms with Crippen LogP contribution in [0.25, 0.3) is 0 Å². The second kappa shape index (κ2) is 6.33. The van der Waals surface area contributed by atoms with Gasteiger partial charge in [0.1, 0.15) is 0 Å². The average Bonchev–Trinajstić information content (AvgIpc) is 2.96. The normalized spacial score (nSPS) is 24.0. The third kappa shape index (κ3) is 4.01. The van der Waals surface area contributed by atoms with Crippen LogP contribution < -0.4 is 5.32 Å². The minimum absolute atomic E-state index is 0.162. The van der Waals surface area contributed by atoms with Crippen molar-refractivity contribution >= 4 is 11.3 Å². The van der Waals surface area contributed by atoms with Gasteiger partial charge in [-0.05, 0) is 18.8 Å². The Morgan fingerprint density at radius 3 is 2.89 bits per heavy atom. The van der Waals surface area contributed by atoms with Crippen molar-refractivity contribution in [3.63, 3.8) is 0 Å². The molecule has 1 N–H and O–H groups in total. The molecule has 3 nitrogen and oxygen atoms in total. The van der Waals surface area contributed by atoms with Gasteiger partial charge in [-0.15, -0.1) is 11.3 Å². The van der Waals surface area contributed by atoms with Gasteiger partial charge in [0.25, 0.3) is 0 Å². The Balaban J connectivity index is 1.78. The Morgan fingerprint density at radius 2 is 2.26 bits per heavy atom. The summed E-state index contributed by atoms with van der Waals surface area (Å²) in [5, 5.41) is 4.79. The second-order valence-electron chi connectivity index (χ2n) is 6.38. The maximum Gasteiger partial charge on any atom is 0.0981 e. The summed E-state index contributed by atoms with van der Waals surface area (Å²) >= 11 is 1.82. The lowest BCUT2D eigenvalue weighted by atomic mass is 9.98. The van der Waals surface area contributed by atoms with Crippen LogP contribution in [0.2, 0.25) is 0 Å². The fraction of sp³-hybridized carbons (Fsp3) is 0.800. The molecule has 1 aromatic heterocycles. The molecule has 0 amide bonds. The summed E-state index contributed by atoms with van der Waals surface area (Å²) in [5.41, 5.74) is 0.162. The molecule has 1 aromatic rings. The van der Waals surface area contributed by atoms with Gasteiger partial charge >= 0.3 is 0 Å². The highest BCUT2D eigenvalue weighted by molar-refractivity contribution is 7.11. The Labute approximate surface area is 120 Å². The lowest BCUT2D eigenvalue weighted by molar-refractivity contribution is 0.0872. The highest BCUT2D eigenvalue weighted by Crippen LogP contribution is 2.27. The van der Waals surface area contributed by atoms with E-state index in [1.165, 1.54) is 16.3 Å². The van der Waals surface area contributed by atoms with E-state index in [9.17, 15) is 0 Å². The number of nitrogens with zero attached hydrogens (tertiary/aromatic N) is 1. The van der Waals surface area contributed by atoms with Crippen LogP contribution in [0, 0.1) is 5.92 Å². The summed E-state index contributed by atoms with van der Waals surface area (Å²) in [6.45, 7) is 11.8. The number of nitrogens with one attached hydrogen (secondary N) is 1. The number of thiazole rings is 1. The molecular formula is C15H26N2OS. The smallest absolute Gasteiger partial charge is 0.0981 e. The lowest BCUT2D eigenvalue weighted by Gasteiger charge is -2.17. The van der Waals surface area contributed by atoms with Gasteiger partial charge < -0.3 is 10.1 Å². The van der Waals surface area contributed by atoms with Crippen molar-refractivity contribution in [3.8, 4) is 0 Å². The molecule has 0 saturated carbocycles. The van der Waals surface area contributed by atoms with Gasteiger partial charge in [-0.2, -0.15) is 0 Å². The zero-order valence-electron chi connectivity index (χ0n) is 12.5. The van der Waals surface area contributed by atoms with E-state index in [4.69, 9.17) is 4.74 Å². The highest BCUT2D eigenvalue weighted by atomic mass is 32.1. The van der Waals surface area contributed by atoms with Crippen LogP contribution in [0.15, 0.2) is 6.20 Å². The molecule has 19 heavy (non-hydrogen) atoms. The summed E-state index contributed by atoms with van der Waals surface area (Å²) in [6.07, 6.45) is 4.79. The molecule has 1 aliphatic heterocycles. The van der Waals surface area contributed by atoms with E-state index in [1.54, 1.807) is 0 Å². The SMILES string of the molecule is CCC1OCCC1CNCc1cnc(C(C)(C)C)s1. The Morgan fingerprint density at radius 1 is 1.47 bits per heavy atom. The van der Waals surface area contributed by atoms with E-state index in [0.717, 1.165) is 26.1 Å². The van der Waals surface area contributed by atoms with E-state index in [2.05, 4.69) is 38.0 Å². The van der Waals surface area contributed by atoms with Gasteiger partial charge in [-0.3, -0.25) is 0 Å². The Hall–Kier alpha value is -0.450. The van der Waals surface area contributed by atoms with E-state index in [0.29, 0.717) is 12.0 Å². The van der Waals surface area contributed by atoms with E-state index in [1.807, 2.05) is 17.5 Å². The number of hydrogen-bond donors (Lipinski definition) is 1. The van der Waals surface area contributed by atoms with Gasteiger partial charge in [0, 0.05) is 36.2 Å². The number of ether oxygens (including phenoxy) is 1. The number of aromatic nitrogens is 1. The first-order chi connectivity index (χ1) is 9.00. The summed E-state index contributed by atoms with van der Waals surface area (Å²) in [6, 6.07) is 0. The fourth-order valence-electron chi connectivity index (χ4n) is 2.49. The number of hydrogen-bond acceptors (Lipinski definition) is 4. The lowest BCUT2D eigenvalue weighted by Crippen LogP contribution is -2.27. The first-order valence-corrected chi connectivity index (χ1v) is 8.10. The van der Waals surface area contributed by atoms with Crippen molar-refractivity contribution < 1.29 is 4.74 Å². The molecule has 0 aromatic carbocycles. The van der Waals surface area contributed by atoms with Crippen LogP contribution in [-0.4, -0.2) is 24.2 Å². The molecular weight excluding hydrogens is 256 g/mol. The molecule has 2 atom stereocenters. The maximum absolute atomic E-state index is 5.72. The highest BCUT2D eigenvalue weighted by Gasteiger charge is 2.26. The van der Waals surface area contributed by atoms with Crippen LogP contribution in [0.3, 0.4) is 0 Å². The summed E-state index contributed by atoms with van der Waals surface area (Å²) < 4.78 is 5.72. The molecule has 0 radical (unpaired) electrons. The van der Waals surface area contributed by atoms with Gasteiger partial charge in [0.2, 0.25) is 0 Å². The fourth-order valence-corrected chi connectivity index (χ4v) is 3.43. The largest absolute Gasteiger partial charge is 0.378 e. The van der Waals surface area contributed by atoms with Crippen LogP contribution in [0.4, 0.5) is 0 Å². The number of rotatable bonds is 5. The zero-order chi connectivity index (χ0) is 13.9. The first-order valence-electron chi connectivity index (χ1n) is 7.28. The molecule has 0 bridgehead atoms. The van der Waals surface area contributed by atoms with Crippen molar-refractivity contribution in [2.45, 2.75) is 58.6 Å². The van der Waals surface area contributed by atoms with E-state index < -0.39 is 0 Å². The van der Waals surface area contributed by atoms with Gasteiger partial charge in [-0.1, -0.05) is 27.7 Å². The van der Waals surface area contributed by atoms with Crippen LogP contribution >= 0.6 is 11.3 Å². The quantitative estimate of drug-likeness (QED) is 0.899. The zero-order valence-corrected chi connectivity index (χ0v) is 13.3. The standard InChI is InChI=1S/C15H26N2OS/c1-5-13-11(6-7-18-13)8-16-9-12-10-17-14(19-12)15(2,3)4/h10-11,13,16H,5-9H2,1-4H3. The monoisotopic (exact) mass is 282 g/mol.